The molecule has 0 aliphatic carbocycles. The fraction of sp³-hybridized carbons (Fsp3) is 0.500. The van der Waals surface area contributed by atoms with Crippen molar-refractivity contribution in [3.05, 3.63) is 11.8 Å². The van der Waals surface area contributed by atoms with Crippen LogP contribution in [0.4, 0.5) is 0 Å². The molecule has 0 aromatic carbocycles. The normalized spacial score (nSPS) is 16.8. The molecule has 11 heavy (non-hydrogen) atoms. The van der Waals surface area contributed by atoms with E-state index in [0.29, 0.717) is 5.90 Å². The number of nitrogens with one attached hydrogen (secondary N) is 2. The van der Waals surface area contributed by atoms with Crippen molar-refractivity contribution in [1.82, 2.24) is 16.1 Å². The van der Waals surface area contributed by atoms with Crippen molar-refractivity contribution >= 4 is 5.90 Å². The van der Waals surface area contributed by atoms with Gasteiger partial charge in [-0.2, -0.15) is 0 Å². The first-order valence-corrected chi connectivity index (χ1v) is 3.31. The molecule has 62 valence electrons. The lowest BCUT2D eigenvalue weighted by molar-refractivity contribution is 0.146. The second-order valence-electron chi connectivity index (χ2n) is 2.12. The molecular weight excluding hydrogens is 144 g/mol. The summed E-state index contributed by atoms with van der Waals surface area (Å²) in [6.07, 6.45) is 1.81. The minimum absolute atomic E-state index is 0.579. The van der Waals surface area contributed by atoms with Crippen molar-refractivity contribution in [2.24, 2.45) is 5.10 Å². The molecule has 0 unspecified atom stereocenters. The van der Waals surface area contributed by atoms with Gasteiger partial charge in [0.05, 0.1) is 7.11 Å². The summed E-state index contributed by atoms with van der Waals surface area (Å²) in [5.74, 6) is 0.579. The van der Waals surface area contributed by atoms with E-state index in [-0.39, 0.29) is 0 Å². The Morgan fingerprint density at radius 3 is 3.00 bits per heavy atom. The van der Waals surface area contributed by atoms with Gasteiger partial charge in [-0.25, -0.2) is 5.43 Å². The lowest BCUT2D eigenvalue weighted by Crippen LogP contribution is -2.44. The van der Waals surface area contributed by atoms with Gasteiger partial charge in [0.2, 0.25) is 5.90 Å². The Kier molecular flexibility index (Phi) is 2.32. The Balaban J connectivity index is 2.69. The molecular formula is C6H12N4O. The van der Waals surface area contributed by atoms with Gasteiger partial charge in [0.25, 0.3) is 0 Å². The van der Waals surface area contributed by atoms with Crippen LogP contribution >= 0.6 is 0 Å². The van der Waals surface area contributed by atoms with Crippen molar-refractivity contribution in [2.45, 2.75) is 6.92 Å². The molecule has 0 fully saturated rings. The second-order valence-corrected chi connectivity index (χ2v) is 2.12. The summed E-state index contributed by atoms with van der Waals surface area (Å²) in [6.45, 7) is 1.93. The van der Waals surface area contributed by atoms with E-state index in [1.165, 1.54) is 5.23 Å². The van der Waals surface area contributed by atoms with Gasteiger partial charge in [-0.15, -0.1) is 10.3 Å². The predicted octanol–water partition coefficient (Wildman–Crippen LogP) is -0.195. The molecule has 0 aromatic rings. The summed E-state index contributed by atoms with van der Waals surface area (Å²) in [5.41, 5.74) is 6.74. The van der Waals surface area contributed by atoms with E-state index >= 15 is 0 Å². The minimum Gasteiger partial charge on any atom is -0.480 e. The maximum Gasteiger partial charge on any atom is 0.235 e. The fourth-order valence-electron chi connectivity index (χ4n) is 0.743. The van der Waals surface area contributed by atoms with Gasteiger partial charge >= 0.3 is 0 Å². The highest BCUT2D eigenvalue weighted by Crippen LogP contribution is 1.98. The highest BCUT2D eigenvalue weighted by molar-refractivity contribution is 5.88. The quantitative estimate of drug-likeness (QED) is 0.552. The zero-order valence-electron chi connectivity index (χ0n) is 6.88. The van der Waals surface area contributed by atoms with E-state index in [1.54, 1.807) is 14.2 Å². The molecule has 2 N–H and O–H groups in total. The van der Waals surface area contributed by atoms with Crippen molar-refractivity contribution in [1.29, 1.82) is 0 Å². The number of allylic oxidation sites excluding steroid dienone is 1. The molecule has 0 saturated carbocycles. The SMILES string of the molecule is CNN1N=C(OC)C=C(C)N1. The Labute approximate surface area is 65.6 Å². The highest BCUT2D eigenvalue weighted by Gasteiger charge is 2.07. The molecule has 0 aromatic heterocycles. The molecule has 0 spiro atoms. The number of hydrazine groups is 2. The van der Waals surface area contributed by atoms with Crippen LogP contribution < -0.4 is 10.9 Å². The van der Waals surface area contributed by atoms with Crippen molar-refractivity contribution in [2.75, 3.05) is 14.2 Å². The molecule has 5 nitrogen and oxygen atoms in total. The smallest absolute Gasteiger partial charge is 0.235 e. The van der Waals surface area contributed by atoms with E-state index in [1.807, 2.05) is 13.0 Å². The molecule has 1 aliphatic heterocycles. The third kappa shape index (κ3) is 1.84. The van der Waals surface area contributed by atoms with E-state index in [2.05, 4.69) is 16.0 Å². The van der Waals surface area contributed by atoms with Gasteiger partial charge in [-0.05, 0) is 6.92 Å². The third-order valence-electron chi connectivity index (χ3n) is 1.24. The summed E-state index contributed by atoms with van der Waals surface area (Å²) in [7, 11) is 3.35. The highest BCUT2D eigenvalue weighted by atomic mass is 16.5. The van der Waals surface area contributed by atoms with Crippen LogP contribution in [0.3, 0.4) is 0 Å². The molecule has 0 bridgehead atoms. The van der Waals surface area contributed by atoms with Crippen LogP contribution in [0.5, 0.6) is 0 Å². The zero-order chi connectivity index (χ0) is 8.27. The summed E-state index contributed by atoms with van der Waals surface area (Å²) in [5, 5.41) is 5.48. The first kappa shape index (κ1) is 7.87. The van der Waals surface area contributed by atoms with Crippen LogP contribution in [0.1, 0.15) is 6.92 Å². The zero-order valence-corrected chi connectivity index (χ0v) is 6.88. The summed E-state index contributed by atoms with van der Waals surface area (Å²) >= 11 is 0. The topological polar surface area (TPSA) is 48.9 Å². The molecule has 0 amide bonds. The van der Waals surface area contributed by atoms with Crippen LogP contribution in [0.2, 0.25) is 0 Å². The average molecular weight is 156 g/mol. The maximum atomic E-state index is 4.95. The van der Waals surface area contributed by atoms with Crippen LogP contribution in [0.15, 0.2) is 16.9 Å². The lowest BCUT2D eigenvalue weighted by atomic mass is 10.4. The number of hydrogen-bond donors (Lipinski definition) is 2. The molecule has 1 aliphatic rings. The predicted molar refractivity (Wildman–Crippen MR) is 42.2 cm³/mol. The molecule has 5 heteroatoms. The van der Waals surface area contributed by atoms with E-state index < -0.39 is 0 Å². The monoisotopic (exact) mass is 156 g/mol. The first-order chi connectivity index (χ1) is 5.26. The largest absolute Gasteiger partial charge is 0.480 e. The van der Waals surface area contributed by atoms with Gasteiger partial charge in [-0.3, -0.25) is 5.43 Å². The van der Waals surface area contributed by atoms with Crippen molar-refractivity contribution in [3.8, 4) is 0 Å². The van der Waals surface area contributed by atoms with Gasteiger partial charge < -0.3 is 4.74 Å². The van der Waals surface area contributed by atoms with Gasteiger partial charge in [0.15, 0.2) is 0 Å². The number of nitrogens with zero attached hydrogens (tertiary/aromatic N) is 2. The molecule has 1 heterocycles. The number of ether oxygens (including phenoxy) is 1. The second kappa shape index (κ2) is 3.25. The van der Waals surface area contributed by atoms with E-state index in [0.717, 1.165) is 5.70 Å². The Bertz CT molecular complexity index is 199. The third-order valence-corrected chi connectivity index (χ3v) is 1.24. The molecule has 0 saturated heterocycles. The summed E-state index contributed by atoms with van der Waals surface area (Å²) < 4.78 is 4.95. The Morgan fingerprint density at radius 1 is 1.73 bits per heavy atom. The van der Waals surface area contributed by atoms with E-state index in [9.17, 15) is 0 Å². The number of hydrogen-bond acceptors (Lipinski definition) is 5. The molecule has 1 rings (SSSR count). The van der Waals surface area contributed by atoms with Crippen molar-refractivity contribution in [3.63, 3.8) is 0 Å². The standard InChI is InChI=1S/C6H12N4O/c1-5-4-6(11-3)9-10(7-2)8-5/h4,7-8H,1-3H3. The number of methoxy groups -OCH3 is 1. The van der Waals surface area contributed by atoms with Crippen LogP contribution in [0.25, 0.3) is 0 Å². The van der Waals surface area contributed by atoms with Gasteiger partial charge in [0, 0.05) is 18.8 Å². The molecule has 0 radical (unpaired) electrons. The molecule has 0 atom stereocenters. The summed E-state index contributed by atoms with van der Waals surface area (Å²) in [6, 6.07) is 0. The maximum absolute atomic E-state index is 4.95. The van der Waals surface area contributed by atoms with Crippen LogP contribution in [-0.4, -0.2) is 25.3 Å². The van der Waals surface area contributed by atoms with Crippen LogP contribution in [-0.2, 0) is 4.74 Å². The first-order valence-electron chi connectivity index (χ1n) is 3.31. The fourth-order valence-corrected chi connectivity index (χ4v) is 0.743. The average Bonchev–Trinajstić information content (AvgIpc) is 2.03. The Hall–Kier alpha value is -1.23. The number of rotatable bonds is 1. The van der Waals surface area contributed by atoms with Gasteiger partial charge in [-0.1, -0.05) is 0 Å². The Morgan fingerprint density at radius 2 is 2.45 bits per heavy atom. The minimum atomic E-state index is 0.579. The van der Waals surface area contributed by atoms with Crippen LogP contribution in [0, 0.1) is 0 Å². The summed E-state index contributed by atoms with van der Waals surface area (Å²) in [4.78, 5) is 0. The van der Waals surface area contributed by atoms with Gasteiger partial charge in [0.1, 0.15) is 0 Å². The van der Waals surface area contributed by atoms with E-state index in [4.69, 9.17) is 4.74 Å². The number of hydrazone groups is 1. The van der Waals surface area contributed by atoms with Crippen molar-refractivity contribution < 1.29 is 4.74 Å². The lowest BCUT2D eigenvalue weighted by Gasteiger charge is -2.23.